The number of nitrogens with one attached hydrogen (secondary N) is 1. The summed E-state index contributed by atoms with van der Waals surface area (Å²) < 4.78 is 30.9. The fourth-order valence-electron chi connectivity index (χ4n) is 1.33. The summed E-state index contributed by atoms with van der Waals surface area (Å²) in [5, 5.41) is 6.48. The lowest BCUT2D eigenvalue weighted by Crippen LogP contribution is -2.02. The van der Waals surface area contributed by atoms with Gasteiger partial charge in [0.25, 0.3) is 0 Å². The van der Waals surface area contributed by atoms with Crippen LogP contribution >= 0.6 is 0 Å². The number of nitrogens with zero attached hydrogens (tertiary/aromatic N) is 1. The van der Waals surface area contributed by atoms with Gasteiger partial charge in [0.2, 0.25) is 0 Å². The molecule has 1 N–H and O–H groups in total. The maximum atomic E-state index is 13.2. The zero-order chi connectivity index (χ0) is 11.5. The van der Waals surface area contributed by atoms with Crippen LogP contribution in [0.15, 0.2) is 28.8 Å². The minimum absolute atomic E-state index is 0.112. The summed E-state index contributed by atoms with van der Waals surface area (Å²) in [7, 11) is 0. The summed E-state index contributed by atoms with van der Waals surface area (Å²) in [4.78, 5) is 0. The van der Waals surface area contributed by atoms with Crippen LogP contribution in [0, 0.1) is 18.6 Å². The number of benzene rings is 1. The minimum atomic E-state index is -0.886. The van der Waals surface area contributed by atoms with Crippen molar-refractivity contribution in [3.8, 4) is 0 Å². The number of halogens is 2. The summed E-state index contributed by atoms with van der Waals surface area (Å²) >= 11 is 0. The fourth-order valence-corrected chi connectivity index (χ4v) is 1.33. The first-order valence-electron chi connectivity index (χ1n) is 4.77. The molecular weight excluding hydrogens is 214 g/mol. The van der Waals surface area contributed by atoms with Crippen molar-refractivity contribution in [3.63, 3.8) is 0 Å². The van der Waals surface area contributed by atoms with Gasteiger partial charge in [0.05, 0.1) is 12.2 Å². The van der Waals surface area contributed by atoms with E-state index in [-0.39, 0.29) is 12.2 Å². The van der Waals surface area contributed by atoms with Gasteiger partial charge in [-0.3, -0.25) is 0 Å². The summed E-state index contributed by atoms with van der Waals surface area (Å²) in [6.07, 6.45) is 0. The fraction of sp³-hybridized carbons (Fsp3) is 0.182. The third kappa shape index (κ3) is 2.18. The molecule has 0 radical (unpaired) electrons. The zero-order valence-corrected chi connectivity index (χ0v) is 8.63. The van der Waals surface area contributed by atoms with Crippen molar-refractivity contribution in [1.29, 1.82) is 0 Å². The molecule has 0 spiro atoms. The van der Waals surface area contributed by atoms with Crippen LogP contribution in [0.25, 0.3) is 0 Å². The van der Waals surface area contributed by atoms with E-state index in [1.165, 1.54) is 12.1 Å². The molecule has 16 heavy (non-hydrogen) atoms. The van der Waals surface area contributed by atoms with Crippen LogP contribution in [-0.2, 0) is 6.54 Å². The molecular formula is C11H10F2N2O. The Labute approximate surface area is 91.1 Å². The predicted octanol–water partition coefficient (Wildman–Crippen LogP) is 2.87. The van der Waals surface area contributed by atoms with Gasteiger partial charge in [0, 0.05) is 6.07 Å². The Kier molecular flexibility index (Phi) is 2.85. The van der Waals surface area contributed by atoms with Crippen LogP contribution < -0.4 is 5.32 Å². The van der Waals surface area contributed by atoms with Crippen LogP contribution in [0.4, 0.5) is 14.5 Å². The van der Waals surface area contributed by atoms with Crippen molar-refractivity contribution in [3.05, 3.63) is 47.4 Å². The topological polar surface area (TPSA) is 38.1 Å². The molecule has 3 nitrogen and oxygen atoms in total. The van der Waals surface area contributed by atoms with Gasteiger partial charge in [-0.2, -0.15) is 0 Å². The van der Waals surface area contributed by atoms with E-state index in [0.717, 1.165) is 6.07 Å². The maximum Gasteiger partial charge on any atom is 0.181 e. The van der Waals surface area contributed by atoms with E-state index in [2.05, 4.69) is 10.5 Å². The van der Waals surface area contributed by atoms with Gasteiger partial charge in [-0.1, -0.05) is 11.2 Å². The molecule has 0 saturated carbocycles. The molecule has 2 rings (SSSR count). The molecule has 1 aromatic heterocycles. The second kappa shape index (κ2) is 4.30. The number of anilines is 1. The molecule has 1 heterocycles. The van der Waals surface area contributed by atoms with Crippen LogP contribution in [0.1, 0.15) is 11.5 Å². The van der Waals surface area contributed by atoms with Gasteiger partial charge in [-0.25, -0.2) is 8.78 Å². The van der Waals surface area contributed by atoms with Crippen molar-refractivity contribution >= 4 is 5.69 Å². The number of rotatable bonds is 3. The van der Waals surface area contributed by atoms with Crippen molar-refractivity contribution in [2.45, 2.75) is 13.5 Å². The highest BCUT2D eigenvalue weighted by Crippen LogP contribution is 2.17. The average molecular weight is 224 g/mol. The van der Waals surface area contributed by atoms with Crippen LogP contribution in [0.2, 0.25) is 0 Å². The molecule has 84 valence electrons. The first-order chi connectivity index (χ1) is 7.66. The quantitative estimate of drug-likeness (QED) is 0.871. The predicted molar refractivity (Wildman–Crippen MR) is 54.9 cm³/mol. The SMILES string of the molecule is Cc1cc(CNc2cccc(F)c2F)no1. The molecule has 0 atom stereocenters. The largest absolute Gasteiger partial charge is 0.377 e. The molecule has 0 bridgehead atoms. The Morgan fingerprint density at radius 3 is 2.88 bits per heavy atom. The Morgan fingerprint density at radius 2 is 2.19 bits per heavy atom. The van der Waals surface area contributed by atoms with E-state index in [4.69, 9.17) is 4.52 Å². The molecule has 5 heteroatoms. The number of hydrogen-bond acceptors (Lipinski definition) is 3. The van der Waals surface area contributed by atoms with E-state index < -0.39 is 11.6 Å². The van der Waals surface area contributed by atoms with E-state index >= 15 is 0 Å². The van der Waals surface area contributed by atoms with Gasteiger partial charge in [-0.05, 0) is 19.1 Å². The molecule has 0 unspecified atom stereocenters. The van der Waals surface area contributed by atoms with E-state index in [1.54, 1.807) is 13.0 Å². The monoisotopic (exact) mass is 224 g/mol. The standard InChI is InChI=1S/C11H10F2N2O/c1-7-5-8(15-16-7)6-14-10-4-2-3-9(12)11(10)13/h2-5,14H,6H2,1H3. The Hall–Kier alpha value is -1.91. The zero-order valence-electron chi connectivity index (χ0n) is 8.63. The van der Waals surface area contributed by atoms with Gasteiger partial charge < -0.3 is 9.84 Å². The Bertz CT molecular complexity index is 496. The third-order valence-electron chi connectivity index (χ3n) is 2.09. The van der Waals surface area contributed by atoms with Gasteiger partial charge in [0.1, 0.15) is 11.5 Å². The summed E-state index contributed by atoms with van der Waals surface area (Å²) in [5.41, 5.74) is 0.752. The Balaban J connectivity index is 2.07. The normalized spacial score (nSPS) is 10.4. The van der Waals surface area contributed by atoms with Crippen molar-refractivity contribution in [2.75, 3.05) is 5.32 Å². The molecule has 1 aromatic carbocycles. The molecule has 0 amide bonds. The lowest BCUT2D eigenvalue weighted by atomic mass is 10.3. The summed E-state index contributed by atoms with van der Waals surface area (Å²) in [6, 6.07) is 5.70. The lowest BCUT2D eigenvalue weighted by Gasteiger charge is -2.05. The molecule has 0 aliphatic rings. The second-order valence-electron chi connectivity index (χ2n) is 3.38. The van der Waals surface area contributed by atoms with Crippen LogP contribution in [0.3, 0.4) is 0 Å². The summed E-state index contributed by atoms with van der Waals surface area (Å²) in [5.74, 6) is -1.08. The second-order valence-corrected chi connectivity index (χ2v) is 3.38. The van der Waals surface area contributed by atoms with Crippen LogP contribution in [0.5, 0.6) is 0 Å². The van der Waals surface area contributed by atoms with E-state index in [1.807, 2.05) is 0 Å². The van der Waals surface area contributed by atoms with Crippen molar-refractivity contribution < 1.29 is 13.3 Å². The lowest BCUT2D eigenvalue weighted by molar-refractivity contribution is 0.391. The molecule has 0 aliphatic carbocycles. The van der Waals surface area contributed by atoms with Gasteiger partial charge >= 0.3 is 0 Å². The first kappa shape index (κ1) is 10.6. The highest BCUT2D eigenvalue weighted by atomic mass is 19.2. The molecule has 0 aliphatic heterocycles. The van der Waals surface area contributed by atoms with Gasteiger partial charge in [-0.15, -0.1) is 0 Å². The van der Waals surface area contributed by atoms with E-state index in [9.17, 15) is 8.78 Å². The average Bonchev–Trinajstić information content (AvgIpc) is 2.67. The number of hydrogen-bond donors (Lipinski definition) is 1. The first-order valence-corrected chi connectivity index (χ1v) is 4.77. The van der Waals surface area contributed by atoms with Crippen molar-refractivity contribution in [1.82, 2.24) is 5.16 Å². The van der Waals surface area contributed by atoms with Gasteiger partial charge in [0.15, 0.2) is 11.6 Å². The van der Waals surface area contributed by atoms with E-state index in [0.29, 0.717) is 11.5 Å². The highest BCUT2D eigenvalue weighted by Gasteiger charge is 2.07. The smallest absolute Gasteiger partial charge is 0.181 e. The molecule has 0 fully saturated rings. The van der Waals surface area contributed by atoms with Crippen LogP contribution in [-0.4, -0.2) is 5.16 Å². The number of aromatic nitrogens is 1. The highest BCUT2D eigenvalue weighted by molar-refractivity contribution is 5.45. The summed E-state index contributed by atoms with van der Waals surface area (Å²) in [6.45, 7) is 2.05. The molecule has 0 saturated heterocycles. The molecule has 2 aromatic rings. The Morgan fingerprint density at radius 1 is 1.38 bits per heavy atom. The maximum absolute atomic E-state index is 13.2. The number of aryl methyl sites for hydroxylation is 1. The van der Waals surface area contributed by atoms with Crippen molar-refractivity contribution in [2.24, 2.45) is 0 Å². The minimum Gasteiger partial charge on any atom is -0.377 e. The third-order valence-corrected chi connectivity index (χ3v) is 2.09.